The summed E-state index contributed by atoms with van der Waals surface area (Å²) in [6.07, 6.45) is 0. The molecule has 0 aromatic heterocycles. The summed E-state index contributed by atoms with van der Waals surface area (Å²) in [7, 11) is 0. The highest BCUT2D eigenvalue weighted by atomic mass is 35.5. The molecule has 0 radical (unpaired) electrons. The lowest BCUT2D eigenvalue weighted by Gasteiger charge is -1.97. The van der Waals surface area contributed by atoms with Crippen LogP contribution in [0.15, 0.2) is 39.9 Å². The van der Waals surface area contributed by atoms with Gasteiger partial charge in [0.1, 0.15) is 0 Å². The van der Waals surface area contributed by atoms with Gasteiger partial charge < -0.3 is 0 Å². The van der Waals surface area contributed by atoms with Crippen molar-refractivity contribution in [2.45, 2.75) is 11.8 Å². The molecule has 0 N–H and O–H groups in total. The third kappa shape index (κ3) is 2.88. The molecule has 0 spiro atoms. The van der Waals surface area contributed by atoms with E-state index < -0.39 is 0 Å². The highest BCUT2D eigenvalue weighted by molar-refractivity contribution is 8.02. The molecule has 0 nitrogen and oxygen atoms in total. The van der Waals surface area contributed by atoms with Gasteiger partial charge in [-0.2, -0.15) is 4.39 Å². The molecule has 0 bridgehead atoms. The Balaban J connectivity index is 2.71. The summed E-state index contributed by atoms with van der Waals surface area (Å²) in [5, 5.41) is -0.388. The average molecular weight is 203 g/mol. The van der Waals surface area contributed by atoms with Crippen molar-refractivity contribution in [3.63, 3.8) is 0 Å². The second-order valence-electron chi connectivity index (χ2n) is 2.33. The number of rotatable bonds is 2. The second kappa shape index (κ2) is 4.53. The summed E-state index contributed by atoms with van der Waals surface area (Å²) in [6, 6.07) is 7.59. The molecular formula is C9H8ClFS. The van der Waals surface area contributed by atoms with Crippen LogP contribution in [0.2, 0.25) is 0 Å². The lowest BCUT2D eigenvalue weighted by atomic mass is 10.2. The molecule has 0 fully saturated rings. The van der Waals surface area contributed by atoms with Gasteiger partial charge in [-0.3, -0.25) is 0 Å². The number of benzene rings is 1. The Morgan fingerprint density at radius 2 is 2.00 bits per heavy atom. The second-order valence-corrected chi connectivity index (χ2v) is 3.61. The van der Waals surface area contributed by atoms with E-state index in [9.17, 15) is 4.39 Å². The summed E-state index contributed by atoms with van der Waals surface area (Å²) in [6.45, 7) is 1.99. The van der Waals surface area contributed by atoms with Crippen LogP contribution in [0.1, 0.15) is 5.56 Å². The van der Waals surface area contributed by atoms with E-state index in [2.05, 4.69) is 0 Å². The minimum Gasteiger partial charge on any atom is -0.198 e. The summed E-state index contributed by atoms with van der Waals surface area (Å²) >= 11 is 6.19. The Morgan fingerprint density at radius 1 is 1.42 bits per heavy atom. The molecule has 1 rings (SSSR count). The highest BCUT2D eigenvalue weighted by Gasteiger charge is 1.97. The number of hydrogen-bond donors (Lipinski definition) is 0. The van der Waals surface area contributed by atoms with Gasteiger partial charge in [0, 0.05) is 10.4 Å². The molecule has 0 saturated heterocycles. The zero-order valence-corrected chi connectivity index (χ0v) is 8.12. The van der Waals surface area contributed by atoms with Crippen LogP contribution >= 0.6 is 23.4 Å². The van der Waals surface area contributed by atoms with E-state index >= 15 is 0 Å². The first-order chi connectivity index (χ1) is 5.72. The van der Waals surface area contributed by atoms with Crippen molar-refractivity contribution in [3.8, 4) is 0 Å². The van der Waals surface area contributed by atoms with Gasteiger partial charge >= 0.3 is 0 Å². The first kappa shape index (κ1) is 9.62. The van der Waals surface area contributed by atoms with E-state index in [-0.39, 0.29) is 5.16 Å². The maximum Gasteiger partial charge on any atom is 0.172 e. The molecule has 3 heteroatoms. The maximum absolute atomic E-state index is 12.6. The van der Waals surface area contributed by atoms with Crippen LogP contribution in [0.25, 0.3) is 0 Å². The van der Waals surface area contributed by atoms with Crippen LogP contribution in [-0.2, 0) is 0 Å². The zero-order chi connectivity index (χ0) is 8.97. The van der Waals surface area contributed by atoms with Gasteiger partial charge in [0.15, 0.2) is 5.16 Å². The summed E-state index contributed by atoms with van der Waals surface area (Å²) in [5.41, 5.74) is 2.10. The molecule has 0 heterocycles. The minimum absolute atomic E-state index is 0.388. The van der Waals surface area contributed by atoms with E-state index in [1.165, 1.54) is 0 Å². The predicted octanol–water partition coefficient (Wildman–Crippen LogP) is 4.09. The SMILES string of the molecule is Cc1ccc(S/C(F)=C/Cl)cc1. The standard InChI is InChI=1S/C9H8ClFS/c1-7-2-4-8(5-3-7)12-9(11)6-10/h2-6H,1H3/b9-6+. The van der Waals surface area contributed by atoms with Gasteiger partial charge in [0.05, 0.1) is 0 Å². The van der Waals surface area contributed by atoms with Gasteiger partial charge in [0.25, 0.3) is 0 Å². The number of hydrogen-bond acceptors (Lipinski definition) is 1. The van der Waals surface area contributed by atoms with Crippen molar-refractivity contribution in [3.05, 3.63) is 40.5 Å². The van der Waals surface area contributed by atoms with Crippen LogP contribution in [0.3, 0.4) is 0 Å². The third-order valence-electron chi connectivity index (χ3n) is 1.32. The summed E-state index contributed by atoms with van der Waals surface area (Å²) in [5.74, 6) is 0. The molecular weight excluding hydrogens is 195 g/mol. The number of thioether (sulfide) groups is 1. The van der Waals surface area contributed by atoms with Crippen molar-refractivity contribution in [1.29, 1.82) is 0 Å². The Hall–Kier alpha value is -0.470. The molecule has 1 aromatic rings. The van der Waals surface area contributed by atoms with Crippen LogP contribution in [0, 0.1) is 6.92 Å². The Labute approximate surface area is 80.4 Å². The Kier molecular flexibility index (Phi) is 3.63. The van der Waals surface area contributed by atoms with Gasteiger partial charge in [-0.1, -0.05) is 41.1 Å². The lowest BCUT2D eigenvalue weighted by molar-refractivity contribution is 0.702. The zero-order valence-electron chi connectivity index (χ0n) is 6.55. The smallest absolute Gasteiger partial charge is 0.172 e. The molecule has 0 atom stereocenters. The molecule has 0 aliphatic heterocycles. The summed E-state index contributed by atoms with van der Waals surface area (Å²) < 4.78 is 12.6. The molecule has 0 saturated carbocycles. The normalized spacial score (nSPS) is 11.8. The van der Waals surface area contributed by atoms with Gasteiger partial charge in [-0.05, 0) is 19.1 Å². The molecule has 1 aromatic carbocycles. The van der Waals surface area contributed by atoms with Gasteiger partial charge in [-0.15, -0.1) is 0 Å². The maximum atomic E-state index is 12.6. The van der Waals surface area contributed by atoms with Crippen molar-refractivity contribution >= 4 is 23.4 Å². The van der Waals surface area contributed by atoms with Crippen LogP contribution in [0.4, 0.5) is 4.39 Å². The monoisotopic (exact) mass is 202 g/mol. The van der Waals surface area contributed by atoms with Gasteiger partial charge in [0.2, 0.25) is 0 Å². The third-order valence-corrected chi connectivity index (χ3v) is 2.46. The first-order valence-electron chi connectivity index (χ1n) is 3.43. The van der Waals surface area contributed by atoms with E-state index in [0.29, 0.717) is 0 Å². The van der Waals surface area contributed by atoms with Crippen molar-refractivity contribution in [1.82, 2.24) is 0 Å². The number of halogens is 2. The summed E-state index contributed by atoms with van der Waals surface area (Å²) in [4.78, 5) is 0.856. The topological polar surface area (TPSA) is 0 Å². The molecule has 0 unspecified atom stereocenters. The van der Waals surface area contributed by atoms with Crippen LogP contribution in [0.5, 0.6) is 0 Å². The fraction of sp³-hybridized carbons (Fsp3) is 0.111. The Morgan fingerprint density at radius 3 is 2.50 bits per heavy atom. The fourth-order valence-corrected chi connectivity index (χ4v) is 1.42. The highest BCUT2D eigenvalue weighted by Crippen LogP contribution is 2.27. The molecule has 0 amide bonds. The quantitative estimate of drug-likeness (QED) is 0.651. The number of aryl methyl sites for hydroxylation is 1. The van der Waals surface area contributed by atoms with E-state index in [4.69, 9.17) is 11.6 Å². The lowest BCUT2D eigenvalue weighted by Crippen LogP contribution is -1.72. The van der Waals surface area contributed by atoms with Gasteiger partial charge in [-0.25, -0.2) is 0 Å². The minimum atomic E-state index is -0.388. The Bertz CT molecular complexity index is 279. The van der Waals surface area contributed by atoms with Crippen molar-refractivity contribution < 1.29 is 4.39 Å². The van der Waals surface area contributed by atoms with E-state index in [1.54, 1.807) is 0 Å². The molecule has 0 aliphatic carbocycles. The van der Waals surface area contributed by atoms with E-state index in [0.717, 1.165) is 27.8 Å². The fourth-order valence-electron chi connectivity index (χ4n) is 0.741. The van der Waals surface area contributed by atoms with Crippen molar-refractivity contribution in [2.75, 3.05) is 0 Å². The molecule has 0 aliphatic rings. The molecule has 12 heavy (non-hydrogen) atoms. The predicted molar refractivity (Wildman–Crippen MR) is 52.1 cm³/mol. The van der Waals surface area contributed by atoms with E-state index in [1.807, 2.05) is 31.2 Å². The average Bonchev–Trinajstić information content (AvgIpc) is 2.09. The van der Waals surface area contributed by atoms with Crippen LogP contribution in [-0.4, -0.2) is 0 Å². The largest absolute Gasteiger partial charge is 0.198 e. The van der Waals surface area contributed by atoms with Crippen LogP contribution < -0.4 is 0 Å². The molecule has 64 valence electrons. The first-order valence-corrected chi connectivity index (χ1v) is 4.68. The van der Waals surface area contributed by atoms with Crippen molar-refractivity contribution in [2.24, 2.45) is 0 Å².